The Labute approximate surface area is 150 Å². The Hall–Kier alpha value is -2.67. The highest BCUT2D eigenvalue weighted by Crippen LogP contribution is 2.22. The minimum Gasteiger partial charge on any atom is -0.484 e. The molecular weight excluding hydrogens is 393 g/mol. The molecule has 25 heavy (non-hydrogen) atoms. The van der Waals surface area contributed by atoms with E-state index in [1.165, 1.54) is 24.3 Å². The predicted octanol–water partition coefficient (Wildman–Crippen LogP) is 4.02. The molecule has 0 atom stereocenters. The Bertz CT molecular complexity index is 1020. The van der Waals surface area contributed by atoms with Crippen LogP contribution in [-0.2, 0) is 4.79 Å². The molecule has 0 bridgehead atoms. The lowest BCUT2D eigenvalue weighted by molar-refractivity contribution is -0.118. The van der Waals surface area contributed by atoms with Crippen molar-refractivity contribution in [3.8, 4) is 5.75 Å². The van der Waals surface area contributed by atoms with Crippen molar-refractivity contribution in [2.75, 3.05) is 11.9 Å². The number of carbonyl (C=O) groups is 1. The molecule has 3 aromatic rings. The lowest BCUT2D eigenvalue weighted by Gasteiger charge is -2.09. The molecule has 3 rings (SSSR count). The van der Waals surface area contributed by atoms with Gasteiger partial charge in [-0.15, -0.1) is 0 Å². The van der Waals surface area contributed by atoms with Gasteiger partial charge in [0, 0.05) is 22.0 Å². The van der Waals surface area contributed by atoms with E-state index in [0.29, 0.717) is 15.8 Å². The Kier molecular flexibility index (Phi) is 4.85. The summed E-state index contributed by atoms with van der Waals surface area (Å²) in [6.45, 7) is 1.50. The summed E-state index contributed by atoms with van der Waals surface area (Å²) >= 11 is 3.15. The zero-order valence-electron chi connectivity index (χ0n) is 13.1. The summed E-state index contributed by atoms with van der Waals surface area (Å²) in [7, 11) is 0. The van der Waals surface area contributed by atoms with Gasteiger partial charge in [-0.1, -0.05) is 15.9 Å². The van der Waals surface area contributed by atoms with Crippen LogP contribution < -0.4 is 15.7 Å². The molecule has 1 N–H and O–H groups in total. The van der Waals surface area contributed by atoms with Crippen molar-refractivity contribution in [3.63, 3.8) is 0 Å². The molecule has 0 aliphatic carbocycles. The first-order valence-corrected chi connectivity index (χ1v) is 8.14. The van der Waals surface area contributed by atoms with E-state index in [4.69, 9.17) is 9.15 Å². The average Bonchev–Trinajstić information content (AvgIpc) is 2.55. The quantitative estimate of drug-likeness (QED) is 0.665. The van der Waals surface area contributed by atoms with Crippen molar-refractivity contribution in [2.45, 2.75) is 6.92 Å². The fraction of sp³-hybridized carbons (Fsp3) is 0.111. The van der Waals surface area contributed by atoms with Gasteiger partial charge in [-0.05, 0) is 42.8 Å². The molecule has 0 saturated heterocycles. The number of nitrogens with one attached hydrogen (secondary N) is 1. The van der Waals surface area contributed by atoms with Crippen LogP contribution in [0.2, 0.25) is 0 Å². The molecule has 0 aliphatic heterocycles. The second kappa shape index (κ2) is 7.06. The molecule has 0 unspecified atom stereocenters. The number of hydrogen-bond acceptors (Lipinski definition) is 4. The Morgan fingerprint density at radius 3 is 2.80 bits per heavy atom. The molecule has 0 fully saturated rings. The van der Waals surface area contributed by atoms with E-state index < -0.39 is 17.3 Å². The summed E-state index contributed by atoms with van der Waals surface area (Å²) in [5, 5.41) is 3.22. The highest BCUT2D eigenvalue weighted by atomic mass is 79.9. The van der Waals surface area contributed by atoms with Gasteiger partial charge in [0.1, 0.15) is 17.1 Å². The van der Waals surface area contributed by atoms with Crippen molar-refractivity contribution < 1.29 is 18.3 Å². The first-order valence-electron chi connectivity index (χ1n) is 7.34. The number of anilines is 1. The Balaban J connectivity index is 1.69. The third-order valence-corrected chi connectivity index (χ3v) is 3.99. The second-order valence-corrected chi connectivity index (χ2v) is 6.28. The highest BCUT2D eigenvalue weighted by molar-refractivity contribution is 9.10. The first kappa shape index (κ1) is 17.2. The van der Waals surface area contributed by atoms with Gasteiger partial charge in [0.15, 0.2) is 6.61 Å². The largest absolute Gasteiger partial charge is 0.484 e. The van der Waals surface area contributed by atoms with Gasteiger partial charge in [-0.3, -0.25) is 4.79 Å². The summed E-state index contributed by atoms with van der Waals surface area (Å²) < 4.78 is 24.8. The average molecular weight is 406 g/mol. The van der Waals surface area contributed by atoms with Gasteiger partial charge in [-0.2, -0.15) is 0 Å². The van der Waals surface area contributed by atoms with Gasteiger partial charge in [-0.25, -0.2) is 9.18 Å². The van der Waals surface area contributed by atoms with E-state index >= 15 is 0 Å². The van der Waals surface area contributed by atoms with Gasteiger partial charge >= 0.3 is 5.63 Å². The van der Waals surface area contributed by atoms with Crippen molar-refractivity contribution in [2.24, 2.45) is 0 Å². The van der Waals surface area contributed by atoms with Crippen molar-refractivity contribution >= 4 is 38.5 Å². The number of rotatable bonds is 4. The van der Waals surface area contributed by atoms with Crippen LogP contribution in [-0.4, -0.2) is 12.5 Å². The van der Waals surface area contributed by atoms with Crippen LogP contribution in [0, 0.1) is 12.7 Å². The van der Waals surface area contributed by atoms with Gasteiger partial charge in [0.25, 0.3) is 5.91 Å². The predicted molar refractivity (Wildman–Crippen MR) is 95.4 cm³/mol. The normalized spacial score (nSPS) is 10.7. The van der Waals surface area contributed by atoms with E-state index in [1.54, 1.807) is 25.1 Å². The van der Waals surface area contributed by atoms with Crippen molar-refractivity contribution in [1.82, 2.24) is 0 Å². The van der Waals surface area contributed by atoms with E-state index in [-0.39, 0.29) is 12.3 Å². The van der Waals surface area contributed by atoms with Crippen LogP contribution in [0.15, 0.2) is 56.1 Å². The lowest BCUT2D eigenvalue weighted by atomic mass is 10.1. The first-order chi connectivity index (χ1) is 11.9. The third kappa shape index (κ3) is 4.06. The molecule has 5 nitrogen and oxygen atoms in total. The molecule has 1 amide bonds. The van der Waals surface area contributed by atoms with Crippen molar-refractivity contribution in [1.29, 1.82) is 0 Å². The summed E-state index contributed by atoms with van der Waals surface area (Å²) in [5.74, 6) is -0.689. The van der Waals surface area contributed by atoms with Crippen molar-refractivity contribution in [3.05, 3.63) is 68.7 Å². The van der Waals surface area contributed by atoms with E-state index in [0.717, 1.165) is 10.9 Å². The molecule has 1 aromatic heterocycles. The molecule has 1 heterocycles. The van der Waals surface area contributed by atoms with Crippen LogP contribution >= 0.6 is 15.9 Å². The van der Waals surface area contributed by atoms with Crippen LogP contribution in [0.4, 0.5) is 10.1 Å². The third-order valence-electron chi connectivity index (χ3n) is 3.50. The number of carbonyl (C=O) groups excluding carboxylic acids is 1. The molecule has 2 aromatic carbocycles. The van der Waals surface area contributed by atoms with E-state index in [9.17, 15) is 14.0 Å². The highest BCUT2D eigenvalue weighted by Gasteiger charge is 2.09. The van der Waals surface area contributed by atoms with Crippen LogP contribution in [0.1, 0.15) is 5.56 Å². The number of amides is 1. The van der Waals surface area contributed by atoms with Crippen LogP contribution in [0.3, 0.4) is 0 Å². The number of aryl methyl sites for hydroxylation is 1. The zero-order valence-corrected chi connectivity index (χ0v) is 14.7. The molecule has 0 aliphatic rings. The van der Waals surface area contributed by atoms with Gasteiger partial charge in [0.2, 0.25) is 0 Å². The molecule has 7 heteroatoms. The van der Waals surface area contributed by atoms with Crippen LogP contribution in [0.5, 0.6) is 5.75 Å². The topological polar surface area (TPSA) is 68.5 Å². The van der Waals surface area contributed by atoms with Gasteiger partial charge in [0.05, 0.1) is 5.69 Å². The summed E-state index contributed by atoms with van der Waals surface area (Å²) in [6, 6.07) is 10.7. The maximum absolute atomic E-state index is 13.7. The molecular formula is C18H13BrFNO4. The molecule has 0 spiro atoms. The Morgan fingerprint density at radius 1 is 1.24 bits per heavy atom. The monoisotopic (exact) mass is 405 g/mol. The number of ether oxygens (including phenoxy) is 1. The number of halogens is 2. The Morgan fingerprint density at radius 2 is 2.04 bits per heavy atom. The minimum atomic E-state index is -0.550. The summed E-state index contributed by atoms with van der Waals surface area (Å²) in [4.78, 5) is 23.3. The fourth-order valence-electron chi connectivity index (χ4n) is 2.32. The number of fused-ring (bicyclic) bond motifs is 1. The summed E-state index contributed by atoms with van der Waals surface area (Å²) in [6.07, 6.45) is 0. The van der Waals surface area contributed by atoms with Gasteiger partial charge < -0.3 is 14.5 Å². The molecule has 0 radical (unpaired) electrons. The maximum atomic E-state index is 13.7. The lowest BCUT2D eigenvalue weighted by Crippen LogP contribution is -2.20. The smallest absolute Gasteiger partial charge is 0.336 e. The zero-order chi connectivity index (χ0) is 18.0. The van der Waals surface area contributed by atoms with E-state index in [2.05, 4.69) is 21.2 Å². The second-order valence-electron chi connectivity index (χ2n) is 5.37. The molecule has 128 valence electrons. The van der Waals surface area contributed by atoms with E-state index in [1.807, 2.05) is 0 Å². The standard InChI is InChI=1S/C18H13BrFNO4/c1-10-6-18(23)25-16-8-12(3-4-13(10)16)24-9-17(22)21-15-5-2-11(19)7-14(15)20/h2-8H,9H2,1H3,(H,21,22). The molecule has 0 saturated carbocycles. The number of hydrogen-bond donors (Lipinski definition) is 1. The summed E-state index contributed by atoms with van der Waals surface area (Å²) in [5.41, 5.74) is 0.783. The fourth-order valence-corrected chi connectivity index (χ4v) is 2.65. The minimum absolute atomic E-state index is 0.0666. The SMILES string of the molecule is Cc1cc(=O)oc2cc(OCC(=O)Nc3ccc(Br)cc3F)ccc12. The van der Waals surface area contributed by atoms with Crippen LogP contribution in [0.25, 0.3) is 11.0 Å². The maximum Gasteiger partial charge on any atom is 0.336 e. The number of benzene rings is 2.